The van der Waals surface area contributed by atoms with Crippen LogP contribution in [-0.2, 0) is 4.79 Å². The van der Waals surface area contributed by atoms with E-state index in [0.29, 0.717) is 29.3 Å². The molecule has 0 N–H and O–H groups in total. The third-order valence-electron chi connectivity index (χ3n) is 6.66. The first-order valence-corrected chi connectivity index (χ1v) is 10.3. The summed E-state index contributed by atoms with van der Waals surface area (Å²) >= 11 is 0. The quantitative estimate of drug-likeness (QED) is 0.813. The summed E-state index contributed by atoms with van der Waals surface area (Å²) in [6.45, 7) is 12.0. The van der Waals surface area contributed by atoms with Gasteiger partial charge in [-0.15, -0.1) is 0 Å². The zero-order chi connectivity index (χ0) is 19.2. The Kier molecular flexibility index (Phi) is 4.69. The molecule has 2 atom stereocenters. The molecule has 1 aromatic carbocycles. The van der Waals surface area contributed by atoms with Gasteiger partial charge in [0.15, 0.2) is 0 Å². The van der Waals surface area contributed by atoms with Gasteiger partial charge >= 0.3 is 0 Å². The molecule has 2 bridgehead atoms. The predicted molar refractivity (Wildman–Crippen MR) is 106 cm³/mol. The molecule has 148 valence electrons. The van der Waals surface area contributed by atoms with E-state index in [1.807, 2.05) is 12.1 Å². The van der Waals surface area contributed by atoms with E-state index < -0.39 is 0 Å². The SMILES string of the molecule is CC1(C)C[C@H]2C[C@](C)(CN2C(=O)CN2CCN(c3ccc(F)cc3)CC2)C1. The predicted octanol–water partition coefficient (Wildman–Crippen LogP) is 3.37. The molecule has 3 aliphatic rings. The molecule has 27 heavy (non-hydrogen) atoms. The number of piperazine rings is 1. The van der Waals surface area contributed by atoms with Crippen molar-refractivity contribution in [2.24, 2.45) is 10.8 Å². The summed E-state index contributed by atoms with van der Waals surface area (Å²) in [4.78, 5) is 19.8. The van der Waals surface area contributed by atoms with Gasteiger partial charge in [-0.2, -0.15) is 0 Å². The summed E-state index contributed by atoms with van der Waals surface area (Å²) in [6, 6.07) is 7.12. The average Bonchev–Trinajstić information content (AvgIpc) is 2.85. The van der Waals surface area contributed by atoms with Crippen LogP contribution in [0.25, 0.3) is 0 Å². The van der Waals surface area contributed by atoms with Crippen molar-refractivity contribution in [2.75, 3.05) is 44.2 Å². The molecule has 1 aliphatic carbocycles. The first kappa shape index (κ1) is 18.7. The number of benzene rings is 1. The van der Waals surface area contributed by atoms with Crippen LogP contribution in [0.4, 0.5) is 10.1 Å². The van der Waals surface area contributed by atoms with Crippen molar-refractivity contribution in [3.8, 4) is 0 Å². The molecule has 1 amide bonds. The van der Waals surface area contributed by atoms with Gasteiger partial charge < -0.3 is 9.80 Å². The van der Waals surface area contributed by atoms with E-state index in [9.17, 15) is 9.18 Å². The minimum atomic E-state index is -0.198. The zero-order valence-electron chi connectivity index (χ0n) is 16.9. The third kappa shape index (κ3) is 3.98. The molecule has 2 saturated heterocycles. The Hall–Kier alpha value is -1.62. The highest BCUT2D eigenvalue weighted by Gasteiger charge is 2.50. The van der Waals surface area contributed by atoms with Crippen LogP contribution >= 0.6 is 0 Å². The van der Waals surface area contributed by atoms with Crippen molar-refractivity contribution in [3.05, 3.63) is 30.1 Å². The van der Waals surface area contributed by atoms with Crippen molar-refractivity contribution in [3.63, 3.8) is 0 Å². The molecule has 3 fully saturated rings. The normalized spacial score (nSPS) is 30.6. The highest BCUT2D eigenvalue weighted by Crippen LogP contribution is 2.52. The van der Waals surface area contributed by atoms with E-state index in [1.165, 1.54) is 25.0 Å². The Balaban J connectivity index is 1.32. The van der Waals surface area contributed by atoms with Crippen molar-refractivity contribution >= 4 is 11.6 Å². The van der Waals surface area contributed by atoms with Gasteiger partial charge in [-0.3, -0.25) is 9.69 Å². The minimum absolute atomic E-state index is 0.198. The van der Waals surface area contributed by atoms with E-state index in [2.05, 4.69) is 35.5 Å². The van der Waals surface area contributed by atoms with Crippen molar-refractivity contribution < 1.29 is 9.18 Å². The Morgan fingerprint density at radius 2 is 1.74 bits per heavy atom. The summed E-state index contributed by atoms with van der Waals surface area (Å²) in [5.41, 5.74) is 1.70. The second kappa shape index (κ2) is 6.77. The maximum absolute atomic E-state index is 13.1. The zero-order valence-corrected chi connectivity index (χ0v) is 16.9. The number of nitrogens with zero attached hydrogens (tertiary/aromatic N) is 3. The number of carbonyl (C=O) groups excluding carboxylic acids is 1. The lowest BCUT2D eigenvalue weighted by Crippen LogP contribution is -2.51. The number of hydrogen-bond donors (Lipinski definition) is 0. The van der Waals surface area contributed by atoms with E-state index in [-0.39, 0.29) is 5.82 Å². The van der Waals surface area contributed by atoms with Crippen LogP contribution in [0.15, 0.2) is 24.3 Å². The van der Waals surface area contributed by atoms with E-state index in [0.717, 1.165) is 44.8 Å². The maximum atomic E-state index is 13.1. The topological polar surface area (TPSA) is 26.8 Å². The second-order valence-electron chi connectivity index (χ2n) is 9.97. The van der Waals surface area contributed by atoms with E-state index >= 15 is 0 Å². The fourth-order valence-corrected chi connectivity index (χ4v) is 5.85. The number of hydrogen-bond acceptors (Lipinski definition) is 3. The Morgan fingerprint density at radius 1 is 1.07 bits per heavy atom. The summed E-state index contributed by atoms with van der Waals surface area (Å²) in [7, 11) is 0. The van der Waals surface area contributed by atoms with Gasteiger partial charge in [-0.25, -0.2) is 4.39 Å². The number of halogens is 1. The smallest absolute Gasteiger partial charge is 0.237 e. The first-order chi connectivity index (χ1) is 12.7. The molecular formula is C22H32FN3O. The highest BCUT2D eigenvalue weighted by atomic mass is 19.1. The second-order valence-corrected chi connectivity index (χ2v) is 9.97. The summed E-state index contributed by atoms with van der Waals surface area (Å²) < 4.78 is 13.1. The lowest BCUT2D eigenvalue weighted by Gasteiger charge is -2.39. The van der Waals surface area contributed by atoms with Gasteiger partial charge in [0, 0.05) is 44.5 Å². The van der Waals surface area contributed by atoms with Gasteiger partial charge in [-0.05, 0) is 54.4 Å². The fraction of sp³-hybridized carbons (Fsp3) is 0.682. The van der Waals surface area contributed by atoms with Gasteiger partial charge in [0.05, 0.1) is 6.54 Å². The molecule has 2 heterocycles. The van der Waals surface area contributed by atoms with Crippen LogP contribution in [0, 0.1) is 16.6 Å². The molecule has 0 radical (unpaired) electrons. The van der Waals surface area contributed by atoms with Gasteiger partial charge in [0.2, 0.25) is 5.91 Å². The number of amides is 1. The highest BCUT2D eigenvalue weighted by molar-refractivity contribution is 5.79. The van der Waals surface area contributed by atoms with Crippen molar-refractivity contribution in [1.82, 2.24) is 9.80 Å². The average molecular weight is 374 g/mol. The van der Waals surface area contributed by atoms with Gasteiger partial charge in [-0.1, -0.05) is 20.8 Å². The van der Waals surface area contributed by atoms with Gasteiger partial charge in [0.25, 0.3) is 0 Å². The summed E-state index contributed by atoms with van der Waals surface area (Å²) in [6.07, 6.45) is 3.52. The summed E-state index contributed by atoms with van der Waals surface area (Å²) in [5.74, 6) is 0.104. The van der Waals surface area contributed by atoms with Crippen LogP contribution in [0.5, 0.6) is 0 Å². The number of rotatable bonds is 3. The molecular weight excluding hydrogens is 341 g/mol. The third-order valence-corrected chi connectivity index (χ3v) is 6.66. The maximum Gasteiger partial charge on any atom is 0.237 e. The first-order valence-electron chi connectivity index (χ1n) is 10.3. The van der Waals surface area contributed by atoms with Crippen molar-refractivity contribution in [1.29, 1.82) is 0 Å². The molecule has 0 aromatic heterocycles. The number of anilines is 1. The van der Waals surface area contributed by atoms with Crippen LogP contribution in [0.2, 0.25) is 0 Å². The minimum Gasteiger partial charge on any atom is -0.369 e. The number of fused-ring (bicyclic) bond motifs is 2. The molecule has 1 saturated carbocycles. The van der Waals surface area contributed by atoms with Crippen LogP contribution in [-0.4, -0.2) is 61.0 Å². The van der Waals surface area contributed by atoms with Crippen LogP contribution in [0.3, 0.4) is 0 Å². The van der Waals surface area contributed by atoms with Crippen LogP contribution < -0.4 is 4.90 Å². The lowest BCUT2D eigenvalue weighted by molar-refractivity contribution is -0.133. The monoisotopic (exact) mass is 373 g/mol. The van der Waals surface area contributed by atoms with Crippen molar-refractivity contribution in [2.45, 2.75) is 46.1 Å². The molecule has 2 aliphatic heterocycles. The molecule has 5 heteroatoms. The molecule has 0 spiro atoms. The standard InChI is InChI=1S/C22H32FN3O/c1-21(2)12-19-13-22(3,15-21)16-26(19)20(27)14-24-8-10-25(11-9-24)18-6-4-17(23)5-7-18/h4-7,19H,8-16H2,1-3H3/t19-,22-/m0/s1. The van der Waals surface area contributed by atoms with Crippen LogP contribution in [0.1, 0.15) is 40.0 Å². The molecule has 4 rings (SSSR count). The largest absolute Gasteiger partial charge is 0.369 e. The molecule has 4 nitrogen and oxygen atoms in total. The van der Waals surface area contributed by atoms with Gasteiger partial charge in [0.1, 0.15) is 5.82 Å². The fourth-order valence-electron chi connectivity index (χ4n) is 5.85. The molecule has 1 aromatic rings. The lowest BCUT2D eigenvalue weighted by atomic mass is 9.65. The summed E-state index contributed by atoms with van der Waals surface area (Å²) in [5, 5.41) is 0. The Bertz CT molecular complexity index is 696. The Labute approximate surface area is 162 Å². The van der Waals surface area contributed by atoms with E-state index in [1.54, 1.807) is 0 Å². The Morgan fingerprint density at radius 3 is 2.41 bits per heavy atom. The number of likely N-dealkylation sites (tertiary alicyclic amines) is 1. The number of carbonyl (C=O) groups is 1. The molecule has 0 unspecified atom stereocenters. The van der Waals surface area contributed by atoms with E-state index in [4.69, 9.17) is 0 Å².